The second-order valence-electron chi connectivity index (χ2n) is 5.32. The standard InChI is InChI=1S/C18H21Cl2O5P/c1-3-24-26(22,25-4-2)18(21)14-7-5-6-8-17(14)23-12-13-9-10-15(19)16(20)11-13/h5-11,18,21H,3-4,12H2,1-2H3. The van der Waals surface area contributed by atoms with Crippen LogP contribution in [0, 0.1) is 0 Å². The summed E-state index contributed by atoms with van der Waals surface area (Å²) in [6.45, 7) is 3.88. The third-order valence-corrected chi connectivity index (χ3v) is 6.35. The van der Waals surface area contributed by atoms with Gasteiger partial charge in [0.05, 0.1) is 23.3 Å². The van der Waals surface area contributed by atoms with Crippen molar-refractivity contribution >= 4 is 30.8 Å². The van der Waals surface area contributed by atoms with E-state index in [9.17, 15) is 9.67 Å². The number of para-hydroxylation sites is 1. The molecule has 0 amide bonds. The van der Waals surface area contributed by atoms with Gasteiger partial charge in [-0.25, -0.2) is 0 Å². The Morgan fingerprint density at radius 2 is 1.69 bits per heavy atom. The Labute approximate surface area is 163 Å². The number of aliphatic hydroxyl groups excluding tert-OH is 1. The Balaban J connectivity index is 2.23. The number of hydrogen-bond acceptors (Lipinski definition) is 5. The molecule has 26 heavy (non-hydrogen) atoms. The molecule has 0 aromatic heterocycles. The molecule has 0 aliphatic heterocycles. The fourth-order valence-electron chi connectivity index (χ4n) is 2.32. The van der Waals surface area contributed by atoms with Gasteiger partial charge in [0, 0.05) is 5.56 Å². The van der Waals surface area contributed by atoms with Gasteiger partial charge in [-0.1, -0.05) is 47.5 Å². The third kappa shape index (κ3) is 5.23. The molecular weight excluding hydrogens is 398 g/mol. The second-order valence-corrected chi connectivity index (χ2v) is 8.22. The minimum absolute atomic E-state index is 0.153. The predicted molar refractivity (Wildman–Crippen MR) is 103 cm³/mol. The number of rotatable bonds is 9. The lowest BCUT2D eigenvalue weighted by atomic mass is 10.2. The minimum Gasteiger partial charge on any atom is -0.489 e. The summed E-state index contributed by atoms with van der Waals surface area (Å²) in [7, 11) is -3.73. The first-order valence-electron chi connectivity index (χ1n) is 8.13. The van der Waals surface area contributed by atoms with Gasteiger partial charge >= 0.3 is 7.60 Å². The highest BCUT2D eigenvalue weighted by Gasteiger charge is 2.37. The molecule has 0 heterocycles. The molecule has 2 aromatic rings. The van der Waals surface area contributed by atoms with E-state index in [0.717, 1.165) is 5.56 Å². The summed E-state index contributed by atoms with van der Waals surface area (Å²) >= 11 is 11.9. The van der Waals surface area contributed by atoms with E-state index >= 15 is 0 Å². The quantitative estimate of drug-likeness (QED) is 0.518. The molecule has 0 radical (unpaired) electrons. The van der Waals surface area contributed by atoms with Crippen molar-refractivity contribution in [1.82, 2.24) is 0 Å². The number of aliphatic hydroxyl groups is 1. The van der Waals surface area contributed by atoms with Crippen molar-refractivity contribution < 1.29 is 23.5 Å². The Hall–Kier alpha value is -1.07. The van der Waals surface area contributed by atoms with Gasteiger partial charge in [0.25, 0.3) is 0 Å². The molecular formula is C18H21Cl2O5P. The first kappa shape index (κ1) is 21.2. The molecule has 0 saturated carbocycles. The maximum Gasteiger partial charge on any atom is 0.363 e. The molecule has 1 atom stereocenters. The van der Waals surface area contributed by atoms with E-state index in [0.29, 0.717) is 21.4 Å². The summed E-state index contributed by atoms with van der Waals surface area (Å²) in [6.07, 6.45) is 0. The zero-order valence-corrected chi connectivity index (χ0v) is 16.9. The largest absolute Gasteiger partial charge is 0.489 e. The van der Waals surface area contributed by atoms with Gasteiger partial charge in [-0.05, 0) is 37.6 Å². The van der Waals surface area contributed by atoms with Gasteiger partial charge in [0.1, 0.15) is 12.4 Å². The maximum absolute atomic E-state index is 12.8. The molecule has 0 aliphatic rings. The van der Waals surface area contributed by atoms with Crippen LogP contribution in [0.2, 0.25) is 10.0 Å². The maximum atomic E-state index is 12.8. The van der Waals surface area contributed by atoms with Gasteiger partial charge in [-0.3, -0.25) is 4.57 Å². The smallest absolute Gasteiger partial charge is 0.363 e. The molecule has 0 spiro atoms. The van der Waals surface area contributed by atoms with Gasteiger partial charge in [0.15, 0.2) is 5.85 Å². The number of ether oxygens (including phenoxy) is 1. The zero-order chi connectivity index (χ0) is 19.2. The van der Waals surface area contributed by atoms with Crippen molar-refractivity contribution in [2.45, 2.75) is 26.3 Å². The highest BCUT2D eigenvalue weighted by Crippen LogP contribution is 2.60. The SMILES string of the molecule is CCOP(=O)(OCC)C(O)c1ccccc1OCc1ccc(Cl)c(Cl)c1. The Bertz CT molecular complexity index is 774. The average molecular weight is 419 g/mol. The summed E-state index contributed by atoms with van der Waals surface area (Å²) in [5.41, 5.74) is 1.14. The summed E-state index contributed by atoms with van der Waals surface area (Å²) < 4.78 is 29.1. The summed E-state index contributed by atoms with van der Waals surface area (Å²) in [4.78, 5) is 0. The molecule has 0 aliphatic carbocycles. The molecule has 2 rings (SSSR count). The molecule has 1 unspecified atom stereocenters. The zero-order valence-electron chi connectivity index (χ0n) is 14.5. The average Bonchev–Trinajstić information content (AvgIpc) is 2.63. The van der Waals surface area contributed by atoms with Gasteiger partial charge < -0.3 is 18.9 Å². The van der Waals surface area contributed by atoms with Crippen molar-refractivity contribution in [3.05, 3.63) is 63.6 Å². The van der Waals surface area contributed by atoms with E-state index in [1.165, 1.54) is 0 Å². The van der Waals surface area contributed by atoms with Crippen molar-refractivity contribution in [3.8, 4) is 5.75 Å². The first-order valence-corrected chi connectivity index (χ1v) is 10.5. The molecule has 0 bridgehead atoms. The highest BCUT2D eigenvalue weighted by molar-refractivity contribution is 7.54. The van der Waals surface area contributed by atoms with Gasteiger partial charge in [-0.2, -0.15) is 0 Å². The van der Waals surface area contributed by atoms with E-state index in [1.54, 1.807) is 56.3 Å². The van der Waals surface area contributed by atoms with E-state index in [1.807, 2.05) is 0 Å². The molecule has 2 aromatic carbocycles. The minimum atomic E-state index is -3.73. The summed E-state index contributed by atoms with van der Waals surface area (Å²) in [6, 6.07) is 12.0. The van der Waals surface area contributed by atoms with Crippen LogP contribution < -0.4 is 4.74 Å². The van der Waals surface area contributed by atoms with Crippen LogP contribution in [0.5, 0.6) is 5.75 Å². The Kier molecular flexibility index (Phi) is 7.96. The molecule has 5 nitrogen and oxygen atoms in total. The molecule has 0 saturated heterocycles. The third-order valence-electron chi connectivity index (χ3n) is 3.49. The van der Waals surface area contributed by atoms with Crippen LogP contribution in [0.25, 0.3) is 0 Å². The molecule has 8 heteroatoms. The van der Waals surface area contributed by atoms with Crippen LogP contribution >= 0.6 is 30.8 Å². The first-order chi connectivity index (χ1) is 12.4. The van der Waals surface area contributed by atoms with Gasteiger partial charge in [-0.15, -0.1) is 0 Å². The topological polar surface area (TPSA) is 65.0 Å². The number of benzene rings is 2. The normalized spacial score (nSPS) is 12.8. The Morgan fingerprint density at radius 3 is 2.31 bits per heavy atom. The molecule has 142 valence electrons. The van der Waals surface area contributed by atoms with Crippen molar-refractivity contribution in [3.63, 3.8) is 0 Å². The van der Waals surface area contributed by atoms with Crippen molar-refractivity contribution in [1.29, 1.82) is 0 Å². The van der Waals surface area contributed by atoms with Gasteiger partial charge in [0.2, 0.25) is 0 Å². The lowest BCUT2D eigenvalue weighted by Gasteiger charge is -2.24. The lowest BCUT2D eigenvalue weighted by molar-refractivity contribution is 0.147. The van der Waals surface area contributed by atoms with Crippen molar-refractivity contribution in [2.24, 2.45) is 0 Å². The highest BCUT2D eigenvalue weighted by atomic mass is 35.5. The van der Waals surface area contributed by atoms with E-state index < -0.39 is 13.4 Å². The van der Waals surface area contributed by atoms with Crippen LogP contribution in [0.1, 0.15) is 30.8 Å². The van der Waals surface area contributed by atoms with Crippen LogP contribution in [0.4, 0.5) is 0 Å². The summed E-state index contributed by atoms with van der Waals surface area (Å²) in [5.74, 6) is -1.07. The van der Waals surface area contributed by atoms with Crippen LogP contribution in [-0.2, 0) is 20.2 Å². The van der Waals surface area contributed by atoms with Crippen LogP contribution in [-0.4, -0.2) is 18.3 Å². The lowest BCUT2D eigenvalue weighted by Crippen LogP contribution is -2.08. The second kappa shape index (κ2) is 9.75. The fraction of sp³-hybridized carbons (Fsp3) is 0.333. The van der Waals surface area contributed by atoms with Crippen LogP contribution in [0.3, 0.4) is 0 Å². The van der Waals surface area contributed by atoms with Crippen molar-refractivity contribution in [2.75, 3.05) is 13.2 Å². The van der Waals surface area contributed by atoms with E-state index in [4.69, 9.17) is 37.0 Å². The molecule has 0 fully saturated rings. The Morgan fingerprint density at radius 1 is 1.04 bits per heavy atom. The fourth-order valence-corrected chi connectivity index (χ4v) is 4.28. The van der Waals surface area contributed by atoms with E-state index in [-0.39, 0.29) is 19.8 Å². The predicted octanol–water partition coefficient (Wildman–Crippen LogP) is 5.83. The van der Waals surface area contributed by atoms with Crippen LogP contribution in [0.15, 0.2) is 42.5 Å². The number of hydrogen-bond donors (Lipinski definition) is 1. The summed E-state index contributed by atoms with van der Waals surface area (Å²) in [5, 5.41) is 11.5. The number of halogens is 2. The molecule has 1 N–H and O–H groups in total. The van der Waals surface area contributed by atoms with E-state index in [2.05, 4.69) is 0 Å². The monoisotopic (exact) mass is 418 g/mol.